The van der Waals surface area contributed by atoms with Gasteiger partial charge < -0.3 is 20.1 Å². The van der Waals surface area contributed by atoms with Gasteiger partial charge in [-0.05, 0) is 24.3 Å². The molecule has 0 aliphatic rings. The molecule has 7 nitrogen and oxygen atoms in total. The fourth-order valence-corrected chi connectivity index (χ4v) is 1.71. The largest absolute Gasteiger partial charge is 0.493 e. The Bertz CT molecular complexity index is 674. The Hall–Kier alpha value is -3.09. The van der Waals surface area contributed by atoms with E-state index in [1.165, 1.54) is 20.4 Å². The SMILES string of the molecule is COc1ccc(NC(=O)C(=O)Nc2ccccn2)cc1OC. The van der Waals surface area contributed by atoms with Gasteiger partial charge in [0.2, 0.25) is 0 Å². The molecule has 7 heteroatoms. The monoisotopic (exact) mass is 301 g/mol. The Morgan fingerprint density at radius 2 is 1.68 bits per heavy atom. The van der Waals surface area contributed by atoms with Gasteiger partial charge in [0, 0.05) is 18.0 Å². The maximum atomic E-state index is 11.8. The van der Waals surface area contributed by atoms with E-state index in [1.54, 1.807) is 36.4 Å². The molecule has 0 atom stereocenters. The van der Waals surface area contributed by atoms with Gasteiger partial charge in [0.25, 0.3) is 0 Å². The number of nitrogens with one attached hydrogen (secondary N) is 2. The molecule has 1 aromatic carbocycles. The van der Waals surface area contributed by atoms with Crippen molar-refractivity contribution in [2.24, 2.45) is 0 Å². The number of carbonyl (C=O) groups is 2. The fraction of sp³-hybridized carbons (Fsp3) is 0.133. The van der Waals surface area contributed by atoms with Crippen molar-refractivity contribution in [3.05, 3.63) is 42.6 Å². The lowest BCUT2D eigenvalue weighted by molar-refractivity contribution is -0.133. The summed E-state index contributed by atoms with van der Waals surface area (Å²) in [7, 11) is 2.99. The van der Waals surface area contributed by atoms with E-state index in [-0.39, 0.29) is 0 Å². The second-order valence-electron chi connectivity index (χ2n) is 4.19. The maximum Gasteiger partial charge on any atom is 0.315 e. The van der Waals surface area contributed by atoms with Gasteiger partial charge in [-0.1, -0.05) is 6.07 Å². The third-order valence-corrected chi connectivity index (χ3v) is 2.75. The molecule has 0 unspecified atom stereocenters. The normalized spacial score (nSPS) is 9.73. The van der Waals surface area contributed by atoms with E-state index in [1.807, 2.05) is 0 Å². The molecular formula is C15H15N3O4. The van der Waals surface area contributed by atoms with Crippen molar-refractivity contribution in [3.63, 3.8) is 0 Å². The summed E-state index contributed by atoms with van der Waals surface area (Å²) in [5, 5.41) is 4.87. The van der Waals surface area contributed by atoms with Crippen molar-refractivity contribution < 1.29 is 19.1 Å². The Balaban J connectivity index is 2.04. The van der Waals surface area contributed by atoms with Crippen LogP contribution in [0.1, 0.15) is 0 Å². The number of methoxy groups -OCH3 is 2. The van der Waals surface area contributed by atoms with Crippen LogP contribution >= 0.6 is 0 Å². The number of hydrogen-bond acceptors (Lipinski definition) is 5. The van der Waals surface area contributed by atoms with Crippen LogP contribution in [0.25, 0.3) is 0 Å². The Labute approximate surface area is 127 Å². The molecule has 2 rings (SSSR count). The lowest BCUT2D eigenvalue weighted by atomic mass is 10.2. The number of ether oxygens (including phenoxy) is 2. The van der Waals surface area contributed by atoms with Crippen molar-refractivity contribution in [3.8, 4) is 11.5 Å². The Kier molecular flexibility index (Phi) is 4.92. The van der Waals surface area contributed by atoms with Crippen molar-refractivity contribution in [2.45, 2.75) is 0 Å². The molecule has 1 aromatic heterocycles. The van der Waals surface area contributed by atoms with Crippen LogP contribution in [-0.4, -0.2) is 31.0 Å². The number of rotatable bonds is 4. The molecule has 0 saturated carbocycles. The molecule has 22 heavy (non-hydrogen) atoms. The maximum absolute atomic E-state index is 11.8. The van der Waals surface area contributed by atoms with E-state index in [9.17, 15) is 9.59 Å². The number of pyridine rings is 1. The van der Waals surface area contributed by atoms with Gasteiger partial charge in [0.05, 0.1) is 14.2 Å². The fourth-order valence-electron chi connectivity index (χ4n) is 1.71. The van der Waals surface area contributed by atoms with Crippen molar-refractivity contribution in [2.75, 3.05) is 24.9 Å². The summed E-state index contributed by atoms with van der Waals surface area (Å²) in [6.45, 7) is 0. The number of nitrogens with zero attached hydrogens (tertiary/aromatic N) is 1. The van der Waals surface area contributed by atoms with Crippen LogP contribution in [0.4, 0.5) is 11.5 Å². The van der Waals surface area contributed by atoms with Gasteiger partial charge in [-0.2, -0.15) is 0 Å². The zero-order chi connectivity index (χ0) is 15.9. The van der Waals surface area contributed by atoms with Crippen LogP contribution in [0, 0.1) is 0 Å². The number of carbonyl (C=O) groups excluding carboxylic acids is 2. The van der Waals surface area contributed by atoms with Crippen LogP contribution in [0.2, 0.25) is 0 Å². The highest BCUT2D eigenvalue weighted by molar-refractivity contribution is 6.43. The number of benzene rings is 1. The second-order valence-corrected chi connectivity index (χ2v) is 4.19. The summed E-state index contributed by atoms with van der Waals surface area (Å²) >= 11 is 0. The number of anilines is 2. The Morgan fingerprint density at radius 1 is 0.955 bits per heavy atom. The second kappa shape index (κ2) is 7.07. The topological polar surface area (TPSA) is 89.5 Å². The molecule has 114 valence electrons. The molecule has 1 heterocycles. The standard InChI is InChI=1S/C15H15N3O4/c1-21-11-7-6-10(9-12(11)22-2)17-14(19)15(20)18-13-5-3-4-8-16-13/h3-9H,1-2H3,(H,17,19)(H,16,18,20). The summed E-state index contributed by atoms with van der Waals surface area (Å²) in [6, 6.07) is 9.79. The van der Waals surface area contributed by atoms with Crippen molar-refractivity contribution >= 4 is 23.3 Å². The van der Waals surface area contributed by atoms with Gasteiger partial charge in [0.15, 0.2) is 11.5 Å². The highest BCUT2D eigenvalue weighted by atomic mass is 16.5. The van der Waals surface area contributed by atoms with Gasteiger partial charge in [-0.3, -0.25) is 9.59 Å². The van der Waals surface area contributed by atoms with E-state index in [2.05, 4.69) is 15.6 Å². The predicted molar refractivity (Wildman–Crippen MR) is 81.0 cm³/mol. The summed E-state index contributed by atoms with van der Waals surface area (Å²) in [4.78, 5) is 27.5. The molecule has 0 spiro atoms. The zero-order valence-electron chi connectivity index (χ0n) is 12.1. The highest BCUT2D eigenvalue weighted by Gasteiger charge is 2.15. The molecule has 0 saturated heterocycles. The minimum absolute atomic E-state index is 0.301. The molecule has 2 amide bonds. The van der Waals surface area contributed by atoms with Crippen LogP contribution in [0.3, 0.4) is 0 Å². The van der Waals surface area contributed by atoms with Gasteiger partial charge >= 0.3 is 11.8 Å². The molecule has 0 radical (unpaired) electrons. The summed E-state index contributed by atoms with van der Waals surface area (Å²) in [5.74, 6) is -0.342. The van der Waals surface area contributed by atoms with Gasteiger partial charge in [0.1, 0.15) is 5.82 Å². The first kappa shape index (κ1) is 15.3. The lowest BCUT2D eigenvalue weighted by Gasteiger charge is -2.10. The summed E-state index contributed by atoms with van der Waals surface area (Å²) in [6.07, 6.45) is 1.52. The number of aromatic nitrogens is 1. The lowest BCUT2D eigenvalue weighted by Crippen LogP contribution is -2.29. The van der Waals surface area contributed by atoms with Crippen molar-refractivity contribution in [1.29, 1.82) is 0 Å². The summed E-state index contributed by atoms with van der Waals surface area (Å²) < 4.78 is 10.2. The van der Waals surface area contributed by atoms with E-state index < -0.39 is 11.8 Å². The first-order chi connectivity index (χ1) is 10.6. The predicted octanol–water partition coefficient (Wildman–Crippen LogP) is 1.68. The smallest absolute Gasteiger partial charge is 0.315 e. The zero-order valence-corrected chi connectivity index (χ0v) is 12.1. The van der Waals surface area contributed by atoms with Crippen LogP contribution in [0.15, 0.2) is 42.6 Å². The third kappa shape index (κ3) is 3.72. The molecule has 0 aliphatic carbocycles. The molecule has 0 aliphatic heterocycles. The van der Waals surface area contributed by atoms with Crippen LogP contribution in [0.5, 0.6) is 11.5 Å². The molecule has 0 fully saturated rings. The van der Waals surface area contributed by atoms with Gasteiger partial charge in [-0.15, -0.1) is 0 Å². The van der Waals surface area contributed by atoms with Crippen LogP contribution < -0.4 is 20.1 Å². The first-order valence-corrected chi connectivity index (χ1v) is 6.39. The molecule has 2 aromatic rings. The summed E-state index contributed by atoms with van der Waals surface area (Å²) in [5.41, 5.74) is 0.416. The third-order valence-electron chi connectivity index (χ3n) is 2.75. The van der Waals surface area contributed by atoms with E-state index >= 15 is 0 Å². The molecule has 2 N–H and O–H groups in total. The van der Waals surface area contributed by atoms with E-state index in [0.717, 1.165) is 0 Å². The van der Waals surface area contributed by atoms with Crippen LogP contribution in [-0.2, 0) is 9.59 Å². The number of hydrogen-bond donors (Lipinski definition) is 2. The van der Waals surface area contributed by atoms with Gasteiger partial charge in [-0.25, -0.2) is 4.98 Å². The minimum Gasteiger partial charge on any atom is -0.493 e. The average molecular weight is 301 g/mol. The number of amides is 2. The average Bonchev–Trinajstić information content (AvgIpc) is 2.55. The minimum atomic E-state index is -0.812. The first-order valence-electron chi connectivity index (χ1n) is 6.39. The Morgan fingerprint density at radius 3 is 2.32 bits per heavy atom. The quantitative estimate of drug-likeness (QED) is 0.839. The molecule has 0 bridgehead atoms. The van der Waals surface area contributed by atoms with E-state index in [4.69, 9.17) is 9.47 Å². The highest BCUT2D eigenvalue weighted by Crippen LogP contribution is 2.29. The molecular weight excluding hydrogens is 286 g/mol. The van der Waals surface area contributed by atoms with E-state index in [0.29, 0.717) is 23.0 Å². The van der Waals surface area contributed by atoms with Crippen molar-refractivity contribution in [1.82, 2.24) is 4.98 Å².